The summed E-state index contributed by atoms with van der Waals surface area (Å²) < 4.78 is 5.52. The van der Waals surface area contributed by atoms with Crippen LogP contribution >= 0.6 is 0 Å². The molecule has 0 bridgehead atoms. The van der Waals surface area contributed by atoms with E-state index in [0.717, 1.165) is 25.0 Å². The third-order valence-corrected chi connectivity index (χ3v) is 2.44. The van der Waals surface area contributed by atoms with Crippen LogP contribution in [0, 0.1) is 0 Å². The molecule has 0 spiro atoms. The van der Waals surface area contributed by atoms with Crippen LogP contribution < -0.4 is 4.74 Å². The molecule has 0 fully saturated rings. The van der Waals surface area contributed by atoms with Gasteiger partial charge in [0, 0.05) is 5.57 Å². The van der Waals surface area contributed by atoms with Crippen molar-refractivity contribution in [2.75, 3.05) is 6.61 Å². The molecule has 0 unspecified atom stereocenters. The number of benzene rings is 1. The van der Waals surface area contributed by atoms with Crippen molar-refractivity contribution in [3.63, 3.8) is 0 Å². The number of carbonyl (C=O) groups is 1. The predicted molar refractivity (Wildman–Crippen MR) is 67.2 cm³/mol. The van der Waals surface area contributed by atoms with E-state index in [4.69, 9.17) is 9.84 Å². The molecule has 0 radical (unpaired) electrons. The topological polar surface area (TPSA) is 46.5 Å². The normalized spacial score (nSPS) is 9.88. The van der Waals surface area contributed by atoms with Gasteiger partial charge in [-0.25, -0.2) is 4.79 Å². The second kappa shape index (κ2) is 7.49. The summed E-state index contributed by atoms with van der Waals surface area (Å²) in [6.07, 6.45) is 3.30. The third-order valence-electron chi connectivity index (χ3n) is 2.44. The molecule has 3 heteroatoms. The molecule has 92 valence electrons. The van der Waals surface area contributed by atoms with Gasteiger partial charge in [0.2, 0.25) is 0 Å². The average Bonchev–Trinajstić information content (AvgIpc) is 2.34. The van der Waals surface area contributed by atoms with Gasteiger partial charge in [0.15, 0.2) is 0 Å². The van der Waals surface area contributed by atoms with Crippen LogP contribution in [-0.4, -0.2) is 17.7 Å². The monoisotopic (exact) mass is 234 g/mol. The van der Waals surface area contributed by atoms with Gasteiger partial charge < -0.3 is 9.84 Å². The highest BCUT2D eigenvalue weighted by Crippen LogP contribution is 2.11. The number of unbranched alkanes of at least 4 members (excludes halogenated alkanes) is 2. The zero-order chi connectivity index (χ0) is 12.5. The molecule has 0 saturated heterocycles. The Labute approximate surface area is 102 Å². The molecule has 0 heterocycles. The zero-order valence-corrected chi connectivity index (χ0v) is 9.89. The van der Waals surface area contributed by atoms with Crippen molar-refractivity contribution < 1.29 is 14.6 Å². The Morgan fingerprint density at radius 2 is 1.88 bits per heavy atom. The van der Waals surface area contributed by atoms with Crippen LogP contribution in [0.2, 0.25) is 0 Å². The fraction of sp³-hybridized carbons (Fsp3) is 0.357. The first-order valence-electron chi connectivity index (χ1n) is 5.79. The molecule has 0 amide bonds. The summed E-state index contributed by atoms with van der Waals surface area (Å²) in [5, 5.41) is 8.61. The zero-order valence-electron chi connectivity index (χ0n) is 9.89. The molecular formula is C14H18O3. The van der Waals surface area contributed by atoms with Gasteiger partial charge in [-0.15, -0.1) is 0 Å². The molecule has 0 aliphatic heterocycles. The maximum absolute atomic E-state index is 10.5. The van der Waals surface area contributed by atoms with E-state index in [2.05, 4.69) is 6.58 Å². The maximum atomic E-state index is 10.5. The van der Waals surface area contributed by atoms with Gasteiger partial charge in [-0.05, 0) is 37.8 Å². The van der Waals surface area contributed by atoms with Crippen molar-refractivity contribution >= 4 is 5.97 Å². The summed E-state index contributed by atoms with van der Waals surface area (Å²) >= 11 is 0. The van der Waals surface area contributed by atoms with Gasteiger partial charge in [0.25, 0.3) is 0 Å². The Morgan fingerprint density at radius 3 is 2.53 bits per heavy atom. The van der Waals surface area contributed by atoms with E-state index in [9.17, 15) is 4.79 Å². The van der Waals surface area contributed by atoms with Gasteiger partial charge in [0.1, 0.15) is 5.75 Å². The van der Waals surface area contributed by atoms with E-state index in [-0.39, 0.29) is 5.57 Å². The minimum Gasteiger partial charge on any atom is -0.494 e. The molecule has 1 N–H and O–H groups in total. The first kappa shape index (κ1) is 13.3. The van der Waals surface area contributed by atoms with Gasteiger partial charge in [-0.1, -0.05) is 24.8 Å². The molecule has 0 aliphatic rings. The molecule has 0 aliphatic carbocycles. The Kier molecular flexibility index (Phi) is 5.86. The maximum Gasteiger partial charge on any atom is 0.330 e. The summed E-state index contributed by atoms with van der Waals surface area (Å²) in [5.74, 6) is -0.0204. The molecule has 3 nitrogen and oxygen atoms in total. The number of hydrogen-bond donors (Lipinski definition) is 1. The highest BCUT2D eigenvalue weighted by atomic mass is 16.5. The highest BCUT2D eigenvalue weighted by Gasteiger charge is 2.02. The lowest BCUT2D eigenvalue weighted by Crippen LogP contribution is -2.00. The summed E-state index contributed by atoms with van der Waals surface area (Å²) in [6.45, 7) is 4.16. The van der Waals surface area contributed by atoms with Crippen molar-refractivity contribution in [2.24, 2.45) is 0 Å². The number of ether oxygens (including phenoxy) is 1. The van der Waals surface area contributed by atoms with E-state index in [1.165, 1.54) is 0 Å². The summed E-state index contributed by atoms with van der Waals surface area (Å²) in [7, 11) is 0. The van der Waals surface area contributed by atoms with Crippen LogP contribution in [0.15, 0.2) is 42.5 Å². The fourth-order valence-corrected chi connectivity index (χ4v) is 1.43. The van der Waals surface area contributed by atoms with Crippen LogP contribution in [-0.2, 0) is 4.79 Å². The van der Waals surface area contributed by atoms with Crippen LogP contribution in [0.25, 0.3) is 0 Å². The first-order chi connectivity index (χ1) is 8.20. The van der Waals surface area contributed by atoms with Gasteiger partial charge in [-0.3, -0.25) is 0 Å². The van der Waals surface area contributed by atoms with Crippen LogP contribution in [0.4, 0.5) is 0 Å². The summed E-state index contributed by atoms with van der Waals surface area (Å²) in [4.78, 5) is 10.5. The van der Waals surface area contributed by atoms with E-state index < -0.39 is 5.97 Å². The minimum atomic E-state index is -0.898. The van der Waals surface area contributed by atoms with Gasteiger partial charge >= 0.3 is 5.97 Å². The van der Waals surface area contributed by atoms with Crippen LogP contribution in [0.5, 0.6) is 5.75 Å². The van der Waals surface area contributed by atoms with E-state index >= 15 is 0 Å². The number of para-hydroxylation sites is 1. The quantitative estimate of drug-likeness (QED) is 0.554. The molecular weight excluding hydrogens is 216 g/mol. The number of rotatable bonds is 8. The van der Waals surface area contributed by atoms with Crippen molar-refractivity contribution in [1.29, 1.82) is 0 Å². The lowest BCUT2D eigenvalue weighted by molar-refractivity contribution is -0.132. The van der Waals surface area contributed by atoms with Gasteiger partial charge in [-0.2, -0.15) is 0 Å². The van der Waals surface area contributed by atoms with Crippen molar-refractivity contribution in [3.05, 3.63) is 42.5 Å². The largest absolute Gasteiger partial charge is 0.494 e. The van der Waals surface area contributed by atoms with Crippen molar-refractivity contribution in [2.45, 2.75) is 25.7 Å². The predicted octanol–water partition coefficient (Wildman–Crippen LogP) is 3.27. The average molecular weight is 234 g/mol. The first-order valence-corrected chi connectivity index (χ1v) is 5.79. The number of aliphatic carboxylic acids is 1. The number of carboxylic acid groups (broad SMARTS) is 1. The summed E-state index contributed by atoms with van der Waals surface area (Å²) in [6, 6.07) is 9.67. The molecule has 0 atom stereocenters. The Balaban J connectivity index is 2.02. The minimum absolute atomic E-state index is 0.286. The lowest BCUT2D eigenvalue weighted by Gasteiger charge is -2.05. The van der Waals surface area contributed by atoms with E-state index in [1.807, 2.05) is 30.3 Å². The SMILES string of the molecule is C=C(CCCCCOc1ccccc1)C(=O)O. The van der Waals surface area contributed by atoms with Crippen LogP contribution in [0.3, 0.4) is 0 Å². The molecule has 1 rings (SSSR count). The van der Waals surface area contributed by atoms with Crippen LogP contribution in [0.1, 0.15) is 25.7 Å². The van der Waals surface area contributed by atoms with Crippen molar-refractivity contribution in [3.8, 4) is 5.75 Å². The molecule has 1 aromatic carbocycles. The molecule has 17 heavy (non-hydrogen) atoms. The Morgan fingerprint density at radius 1 is 1.18 bits per heavy atom. The van der Waals surface area contributed by atoms with Gasteiger partial charge in [0.05, 0.1) is 6.61 Å². The number of hydrogen-bond acceptors (Lipinski definition) is 2. The Bertz CT molecular complexity index is 357. The second-order valence-electron chi connectivity index (χ2n) is 3.88. The van der Waals surface area contributed by atoms with E-state index in [1.54, 1.807) is 0 Å². The lowest BCUT2D eigenvalue weighted by atomic mass is 10.1. The highest BCUT2D eigenvalue weighted by molar-refractivity contribution is 5.85. The molecule has 0 aromatic heterocycles. The van der Waals surface area contributed by atoms with Crippen molar-refractivity contribution in [1.82, 2.24) is 0 Å². The molecule has 0 saturated carbocycles. The van der Waals surface area contributed by atoms with E-state index in [0.29, 0.717) is 13.0 Å². The standard InChI is InChI=1S/C14H18O3/c1-12(14(15)16)8-4-3-7-11-17-13-9-5-2-6-10-13/h2,5-6,9-10H,1,3-4,7-8,11H2,(H,15,16). The third kappa shape index (κ3) is 5.76. The fourth-order valence-electron chi connectivity index (χ4n) is 1.43. The Hall–Kier alpha value is -1.77. The second-order valence-corrected chi connectivity index (χ2v) is 3.88. The smallest absolute Gasteiger partial charge is 0.330 e. The summed E-state index contributed by atoms with van der Waals surface area (Å²) in [5.41, 5.74) is 0.286. The molecule has 1 aromatic rings. The number of carboxylic acids is 1.